The smallest absolute Gasteiger partial charge is 0.277 e. The fraction of sp³-hybridized carbons (Fsp3) is 0.333. The molecule has 0 saturated carbocycles. The molecular weight excluding hydrogens is 415 g/mol. The highest BCUT2D eigenvalue weighted by molar-refractivity contribution is 6.69. The largest absolute Gasteiger partial charge is 0.354 e. The number of ether oxygens (including phenoxy) is 1. The lowest BCUT2D eigenvalue weighted by Crippen LogP contribution is -2.70. The lowest BCUT2D eigenvalue weighted by Gasteiger charge is -2.48. The summed E-state index contributed by atoms with van der Waals surface area (Å²) in [7, 11) is 1.38. The number of halogens is 6. The van der Waals surface area contributed by atoms with Crippen molar-refractivity contribution in [2.75, 3.05) is 7.11 Å². The van der Waals surface area contributed by atoms with Gasteiger partial charge in [0.15, 0.2) is 0 Å². The van der Waals surface area contributed by atoms with Crippen LogP contribution in [0.3, 0.4) is 0 Å². The molecule has 4 nitrogen and oxygen atoms in total. The Labute approximate surface area is 158 Å². The third-order valence-electron chi connectivity index (χ3n) is 3.03. The molecule has 10 heteroatoms. The first-order valence-electron chi connectivity index (χ1n) is 5.91. The quantitative estimate of drug-likeness (QED) is 0.544. The van der Waals surface area contributed by atoms with Crippen LogP contribution in [-0.2, 0) is 4.74 Å². The number of rotatable bonds is 2. The molecule has 0 saturated heterocycles. The van der Waals surface area contributed by atoms with Crippen LogP contribution >= 0.6 is 69.6 Å². The van der Waals surface area contributed by atoms with Crippen LogP contribution in [0.5, 0.6) is 0 Å². The van der Waals surface area contributed by atoms with Gasteiger partial charge in [-0.3, -0.25) is 0 Å². The third-order valence-corrected chi connectivity index (χ3v) is 4.34. The predicted molar refractivity (Wildman–Crippen MR) is 92.8 cm³/mol. The van der Waals surface area contributed by atoms with Gasteiger partial charge in [0.1, 0.15) is 0 Å². The summed E-state index contributed by atoms with van der Waals surface area (Å²) < 4.78 is 1.75. The topological polar surface area (TPSA) is 36.5 Å². The van der Waals surface area contributed by atoms with Gasteiger partial charge in [-0.15, -0.1) is 5.12 Å². The van der Waals surface area contributed by atoms with Crippen molar-refractivity contribution in [2.24, 2.45) is 0 Å². The number of methoxy groups -OCH3 is 1. The lowest BCUT2D eigenvalue weighted by molar-refractivity contribution is -0.0722. The van der Waals surface area contributed by atoms with Gasteiger partial charge in [-0.1, -0.05) is 99.9 Å². The summed E-state index contributed by atoms with van der Waals surface area (Å²) >= 11 is 36.0. The number of alkyl halides is 6. The van der Waals surface area contributed by atoms with Gasteiger partial charge in [0.25, 0.3) is 3.92 Å². The van der Waals surface area contributed by atoms with Gasteiger partial charge >= 0.3 is 0 Å². The molecule has 22 heavy (non-hydrogen) atoms. The van der Waals surface area contributed by atoms with E-state index in [2.05, 4.69) is 10.9 Å². The fourth-order valence-corrected chi connectivity index (χ4v) is 2.95. The maximum atomic E-state index is 6.15. The predicted octanol–water partition coefficient (Wildman–Crippen LogP) is 4.39. The van der Waals surface area contributed by atoms with E-state index in [9.17, 15) is 0 Å². The van der Waals surface area contributed by atoms with E-state index in [-0.39, 0.29) is 0 Å². The molecule has 2 N–H and O–H groups in total. The Morgan fingerprint density at radius 3 is 2.09 bits per heavy atom. The molecule has 0 bridgehead atoms. The van der Waals surface area contributed by atoms with E-state index in [1.54, 1.807) is 6.20 Å². The monoisotopic (exact) mass is 423 g/mol. The van der Waals surface area contributed by atoms with E-state index in [1.807, 2.05) is 30.3 Å². The summed E-state index contributed by atoms with van der Waals surface area (Å²) in [5.41, 5.74) is 5.28. The average Bonchev–Trinajstić information content (AvgIpc) is 2.45. The maximum absolute atomic E-state index is 6.15. The molecule has 2 rings (SSSR count). The molecule has 0 radical (unpaired) electrons. The van der Waals surface area contributed by atoms with Crippen molar-refractivity contribution >= 4 is 75.2 Å². The van der Waals surface area contributed by atoms with Crippen molar-refractivity contribution < 1.29 is 4.74 Å². The van der Waals surface area contributed by atoms with Crippen LogP contribution in [0.4, 0.5) is 0 Å². The molecule has 1 unspecified atom stereocenters. The van der Waals surface area contributed by atoms with Gasteiger partial charge in [-0.2, -0.15) is 5.43 Å². The number of hydrazine groups is 2. The molecule has 0 spiro atoms. The van der Waals surface area contributed by atoms with Gasteiger partial charge < -0.3 is 10.2 Å². The summed E-state index contributed by atoms with van der Waals surface area (Å²) in [5, 5.41) is 1.05. The van der Waals surface area contributed by atoms with Gasteiger partial charge in [0, 0.05) is 18.9 Å². The van der Waals surface area contributed by atoms with E-state index < -0.39 is 13.4 Å². The minimum absolute atomic E-state index is 0.529. The summed E-state index contributed by atoms with van der Waals surface area (Å²) in [6, 6.07) is 9.23. The zero-order valence-corrected chi connectivity index (χ0v) is 15.6. The molecule has 122 valence electrons. The number of hydrogen-bond donors (Lipinski definition) is 2. The van der Waals surface area contributed by atoms with Gasteiger partial charge in [-0.05, 0) is 5.56 Å². The van der Waals surface area contributed by atoms with E-state index in [0.29, 0.717) is 5.57 Å². The normalized spacial score (nSPS) is 23.9. The van der Waals surface area contributed by atoms with Crippen molar-refractivity contribution in [3.63, 3.8) is 0 Å². The zero-order chi connectivity index (χ0) is 16.6. The average molecular weight is 426 g/mol. The van der Waals surface area contributed by atoms with E-state index in [1.165, 1.54) is 7.11 Å². The molecule has 0 fully saturated rings. The molecule has 0 aliphatic carbocycles. The lowest BCUT2D eigenvalue weighted by atomic mass is 9.96. The van der Waals surface area contributed by atoms with Crippen LogP contribution < -0.4 is 10.9 Å². The molecule has 1 aromatic carbocycles. The second-order valence-electron chi connectivity index (χ2n) is 4.35. The molecule has 1 heterocycles. The van der Waals surface area contributed by atoms with Crippen LogP contribution in [0.1, 0.15) is 5.56 Å². The summed E-state index contributed by atoms with van der Waals surface area (Å²) in [6.07, 6.45) is 1.54. The Morgan fingerprint density at radius 1 is 1.05 bits per heavy atom. The van der Waals surface area contributed by atoms with Crippen LogP contribution in [0.2, 0.25) is 0 Å². The number of nitrogens with one attached hydrogen (secondary N) is 2. The van der Waals surface area contributed by atoms with Crippen LogP contribution in [0.15, 0.2) is 36.5 Å². The molecule has 0 amide bonds. The zero-order valence-electron chi connectivity index (χ0n) is 11.1. The summed E-state index contributed by atoms with van der Waals surface area (Å²) in [4.78, 5) is 0. The minimum Gasteiger partial charge on any atom is -0.354 e. The van der Waals surface area contributed by atoms with Gasteiger partial charge in [0.2, 0.25) is 9.52 Å². The van der Waals surface area contributed by atoms with Gasteiger partial charge in [0.05, 0.1) is 0 Å². The van der Waals surface area contributed by atoms with Crippen molar-refractivity contribution in [2.45, 2.75) is 13.4 Å². The molecule has 1 aliphatic heterocycles. The Bertz CT molecular complexity index is 556. The van der Waals surface area contributed by atoms with Crippen LogP contribution in [0.25, 0.3) is 5.57 Å². The minimum atomic E-state index is -1.90. The standard InChI is InChI=1S/C12H11Cl6N3O/c1-22-10(11(13,14)15)9(8-5-3-2-4-6-8)7-19-21(20-10)12(16,17)18/h2-7,19-20H,1H3. The first kappa shape index (κ1) is 18.7. The molecule has 0 aromatic heterocycles. The Kier molecular flexibility index (Phi) is 5.71. The Morgan fingerprint density at radius 2 is 1.64 bits per heavy atom. The SMILES string of the molecule is COC1(C(Cl)(Cl)Cl)NN(C(Cl)(Cl)Cl)NC=C1c1ccccc1. The van der Waals surface area contributed by atoms with Gasteiger partial charge in [-0.25, -0.2) is 0 Å². The first-order valence-corrected chi connectivity index (χ1v) is 8.17. The van der Waals surface area contributed by atoms with Crippen molar-refractivity contribution in [1.82, 2.24) is 16.0 Å². The van der Waals surface area contributed by atoms with Crippen LogP contribution in [-0.4, -0.2) is 25.7 Å². The second-order valence-corrected chi connectivity index (χ2v) is 8.85. The Balaban J connectivity index is 2.56. The highest BCUT2D eigenvalue weighted by Crippen LogP contribution is 2.48. The van der Waals surface area contributed by atoms with Crippen molar-refractivity contribution in [1.29, 1.82) is 0 Å². The van der Waals surface area contributed by atoms with Crippen molar-refractivity contribution in [3.05, 3.63) is 42.1 Å². The van der Waals surface area contributed by atoms with Crippen molar-refractivity contribution in [3.8, 4) is 0 Å². The van der Waals surface area contributed by atoms with Crippen LogP contribution in [0, 0.1) is 0 Å². The fourth-order valence-electron chi connectivity index (χ4n) is 2.01. The molecule has 1 aliphatic rings. The molecule has 1 aromatic rings. The second kappa shape index (κ2) is 6.71. The Hall–Kier alpha value is 0.380. The third kappa shape index (κ3) is 3.56. The first-order chi connectivity index (χ1) is 10.1. The summed E-state index contributed by atoms with van der Waals surface area (Å²) in [6.45, 7) is 0. The van der Waals surface area contributed by atoms with E-state index >= 15 is 0 Å². The van der Waals surface area contributed by atoms with E-state index in [4.69, 9.17) is 74.3 Å². The highest BCUT2D eigenvalue weighted by atomic mass is 35.6. The maximum Gasteiger partial charge on any atom is 0.277 e. The number of hydrogen-bond acceptors (Lipinski definition) is 4. The summed E-state index contributed by atoms with van der Waals surface area (Å²) in [5.74, 6) is 0. The number of benzene rings is 1. The highest BCUT2D eigenvalue weighted by Gasteiger charge is 2.57. The van der Waals surface area contributed by atoms with E-state index in [0.717, 1.165) is 10.7 Å². The molecular formula is C12H11Cl6N3O. The number of nitrogens with zero attached hydrogens (tertiary/aromatic N) is 1. The molecule has 1 atom stereocenters.